The van der Waals surface area contributed by atoms with Crippen LogP contribution in [0.5, 0.6) is 0 Å². The highest BCUT2D eigenvalue weighted by Gasteiger charge is 2.18. The summed E-state index contributed by atoms with van der Waals surface area (Å²) in [7, 11) is 2.16. The lowest BCUT2D eigenvalue weighted by Crippen LogP contribution is -2.44. The number of carbonyl (C=O) groups is 1. The number of carbonyl (C=O) groups excluding carboxylic acids is 1. The Balaban J connectivity index is 1.68. The normalized spacial score (nSPS) is 15.7. The van der Waals surface area contributed by atoms with E-state index >= 15 is 0 Å². The lowest BCUT2D eigenvalue weighted by atomic mass is 9.99. The van der Waals surface area contributed by atoms with E-state index in [-0.39, 0.29) is 5.78 Å². The number of furan rings is 1. The number of hydrogen-bond donors (Lipinski definition) is 0. The van der Waals surface area contributed by atoms with Crippen molar-refractivity contribution in [2.24, 2.45) is 0 Å². The lowest BCUT2D eigenvalue weighted by molar-refractivity contribution is -0.113. The Kier molecular flexibility index (Phi) is 5.73. The van der Waals surface area contributed by atoms with Gasteiger partial charge >= 0.3 is 0 Å². The minimum Gasteiger partial charge on any atom is -0.454 e. The maximum absolute atomic E-state index is 12.8. The van der Waals surface area contributed by atoms with Crippen LogP contribution in [0.2, 0.25) is 0 Å². The van der Waals surface area contributed by atoms with Gasteiger partial charge in [-0.25, -0.2) is 4.98 Å². The fraction of sp³-hybridized carbons (Fsp3) is 0.360. The van der Waals surface area contributed by atoms with E-state index in [0.717, 1.165) is 48.5 Å². The molecule has 156 valence electrons. The number of aromatic nitrogens is 1. The van der Waals surface area contributed by atoms with E-state index in [9.17, 15) is 4.79 Å². The molecule has 1 aromatic carbocycles. The number of hydrogen-bond acceptors (Lipinski definition) is 5. The molecule has 1 aliphatic rings. The van der Waals surface area contributed by atoms with Crippen LogP contribution in [0.3, 0.4) is 0 Å². The van der Waals surface area contributed by atoms with Gasteiger partial charge in [-0.05, 0) is 62.4 Å². The monoisotopic (exact) mass is 403 g/mol. The first-order valence-electron chi connectivity index (χ1n) is 10.6. The number of likely N-dealkylation sites (N-methyl/N-ethyl adjacent to an activating group) is 1. The van der Waals surface area contributed by atoms with Gasteiger partial charge in [-0.15, -0.1) is 0 Å². The van der Waals surface area contributed by atoms with Gasteiger partial charge in [-0.1, -0.05) is 13.0 Å². The summed E-state index contributed by atoms with van der Waals surface area (Å²) in [6, 6.07) is 12.2. The van der Waals surface area contributed by atoms with Crippen LogP contribution in [0.4, 0.5) is 5.69 Å². The summed E-state index contributed by atoms with van der Waals surface area (Å²) >= 11 is 0. The largest absolute Gasteiger partial charge is 0.454 e. The average Bonchev–Trinajstić information content (AvgIpc) is 3.15. The first-order valence-corrected chi connectivity index (χ1v) is 10.6. The number of anilines is 1. The van der Waals surface area contributed by atoms with Gasteiger partial charge < -0.3 is 14.2 Å². The van der Waals surface area contributed by atoms with Crippen LogP contribution in [-0.2, 0) is 4.79 Å². The summed E-state index contributed by atoms with van der Waals surface area (Å²) in [6.45, 7) is 10.2. The van der Waals surface area contributed by atoms with Crippen LogP contribution in [0.1, 0.15) is 35.9 Å². The molecule has 5 heteroatoms. The Bertz CT molecular complexity index is 1100. The molecule has 0 bridgehead atoms. The number of piperazine rings is 1. The maximum Gasteiger partial charge on any atom is 0.166 e. The van der Waals surface area contributed by atoms with Crippen molar-refractivity contribution in [3.63, 3.8) is 0 Å². The third kappa shape index (κ3) is 4.17. The second-order valence-corrected chi connectivity index (χ2v) is 8.11. The van der Waals surface area contributed by atoms with Crippen molar-refractivity contribution in [2.45, 2.75) is 27.2 Å². The molecule has 1 aliphatic heterocycles. The summed E-state index contributed by atoms with van der Waals surface area (Å²) in [4.78, 5) is 22.0. The molecule has 2 aromatic heterocycles. The molecule has 3 heterocycles. The zero-order chi connectivity index (χ0) is 21.3. The highest BCUT2D eigenvalue weighted by atomic mass is 16.3. The molecule has 0 spiro atoms. The minimum absolute atomic E-state index is 0.0633. The van der Waals surface area contributed by atoms with Crippen molar-refractivity contribution in [2.75, 3.05) is 38.1 Å². The second-order valence-electron chi connectivity index (χ2n) is 8.11. The van der Waals surface area contributed by atoms with Gasteiger partial charge in [0.25, 0.3) is 0 Å². The molecule has 0 N–H and O–H groups in total. The molecule has 0 amide bonds. The van der Waals surface area contributed by atoms with E-state index in [0.29, 0.717) is 23.3 Å². The molecule has 3 aromatic rings. The predicted octanol–water partition coefficient (Wildman–Crippen LogP) is 4.72. The van der Waals surface area contributed by atoms with Gasteiger partial charge in [0.2, 0.25) is 0 Å². The van der Waals surface area contributed by atoms with Gasteiger partial charge in [0.1, 0.15) is 11.3 Å². The molecule has 0 saturated carbocycles. The highest BCUT2D eigenvalue weighted by molar-refractivity contribution is 6.24. The second kappa shape index (κ2) is 8.44. The minimum atomic E-state index is 0.0633. The van der Waals surface area contributed by atoms with Crippen molar-refractivity contribution in [3.8, 4) is 0 Å². The molecule has 0 radical (unpaired) electrons. The predicted molar refractivity (Wildman–Crippen MR) is 123 cm³/mol. The molecular formula is C25H29N3O2. The summed E-state index contributed by atoms with van der Waals surface area (Å²) in [5.74, 6) is 0.644. The van der Waals surface area contributed by atoms with E-state index in [1.807, 2.05) is 38.1 Å². The number of pyridine rings is 1. The zero-order valence-electron chi connectivity index (χ0n) is 18.2. The van der Waals surface area contributed by atoms with Crippen LogP contribution in [-0.4, -0.2) is 48.9 Å². The first-order chi connectivity index (χ1) is 14.4. The van der Waals surface area contributed by atoms with E-state index in [2.05, 4.69) is 47.0 Å². The fourth-order valence-corrected chi connectivity index (χ4v) is 3.88. The van der Waals surface area contributed by atoms with E-state index in [1.165, 1.54) is 5.69 Å². The highest BCUT2D eigenvalue weighted by Crippen LogP contribution is 2.29. The average molecular weight is 404 g/mol. The summed E-state index contributed by atoms with van der Waals surface area (Å²) < 4.78 is 5.98. The number of nitrogens with zero attached hydrogens (tertiary/aromatic N) is 3. The van der Waals surface area contributed by atoms with Crippen molar-refractivity contribution >= 4 is 34.2 Å². The molecule has 4 rings (SSSR count). The smallest absolute Gasteiger partial charge is 0.166 e. The molecule has 0 aliphatic carbocycles. The van der Waals surface area contributed by atoms with Gasteiger partial charge in [-0.2, -0.15) is 0 Å². The van der Waals surface area contributed by atoms with Crippen LogP contribution in [0.25, 0.3) is 22.7 Å². The Hall–Kier alpha value is -2.92. The molecule has 5 nitrogen and oxygen atoms in total. The van der Waals surface area contributed by atoms with Crippen molar-refractivity contribution < 1.29 is 9.21 Å². The summed E-state index contributed by atoms with van der Waals surface area (Å²) in [5.41, 5.74) is 6.44. The molecule has 0 atom stereocenters. The molecular weight excluding hydrogens is 374 g/mol. The Morgan fingerprint density at radius 3 is 2.57 bits per heavy atom. The Morgan fingerprint density at radius 2 is 1.87 bits per heavy atom. The summed E-state index contributed by atoms with van der Waals surface area (Å²) in [6.07, 6.45) is 2.38. The first kappa shape index (κ1) is 20.4. The number of allylic oxidation sites excluding steroid dienone is 1. The number of ketones is 1. The van der Waals surface area contributed by atoms with E-state index in [4.69, 9.17) is 4.42 Å². The van der Waals surface area contributed by atoms with Gasteiger partial charge in [-0.3, -0.25) is 4.79 Å². The van der Waals surface area contributed by atoms with Crippen molar-refractivity contribution in [1.29, 1.82) is 0 Å². The van der Waals surface area contributed by atoms with Gasteiger partial charge in [0.05, 0.1) is 5.57 Å². The number of fused-ring (bicyclic) bond motifs is 1. The van der Waals surface area contributed by atoms with Crippen LogP contribution in [0.15, 0.2) is 40.8 Å². The Labute approximate surface area is 178 Å². The molecule has 0 unspecified atom stereocenters. The topological polar surface area (TPSA) is 49.6 Å². The summed E-state index contributed by atoms with van der Waals surface area (Å²) in [5, 5.41) is 0. The van der Waals surface area contributed by atoms with Crippen molar-refractivity contribution in [1.82, 2.24) is 9.88 Å². The van der Waals surface area contributed by atoms with Crippen LogP contribution < -0.4 is 4.90 Å². The van der Waals surface area contributed by atoms with E-state index < -0.39 is 0 Å². The number of benzene rings is 1. The molecule has 1 saturated heterocycles. The van der Waals surface area contributed by atoms with Gasteiger partial charge in [0.15, 0.2) is 11.4 Å². The third-order valence-electron chi connectivity index (χ3n) is 5.82. The third-order valence-corrected chi connectivity index (χ3v) is 5.82. The van der Waals surface area contributed by atoms with Crippen LogP contribution in [0, 0.1) is 13.8 Å². The fourth-order valence-electron chi connectivity index (χ4n) is 3.88. The maximum atomic E-state index is 12.8. The quantitative estimate of drug-likeness (QED) is 0.577. The lowest BCUT2D eigenvalue weighted by Gasteiger charge is -2.34. The number of aryl methyl sites for hydroxylation is 2. The molecule has 30 heavy (non-hydrogen) atoms. The standard InChI is InChI=1S/C25H29N3O2/c1-5-23(29)21(25-16-22-24(30-25)9-6-18(3)26-22)15-19-7-8-20(14-17(19)2)28-12-10-27(4)11-13-28/h6-9,14-16H,5,10-13H2,1-4H3/b21-15+. The van der Waals surface area contributed by atoms with Crippen molar-refractivity contribution in [3.05, 3.63) is 59.0 Å². The Morgan fingerprint density at radius 1 is 1.10 bits per heavy atom. The van der Waals surface area contributed by atoms with E-state index in [1.54, 1.807) is 0 Å². The van der Waals surface area contributed by atoms with Gasteiger partial charge in [0, 0.05) is 50.0 Å². The zero-order valence-corrected chi connectivity index (χ0v) is 18.2. The van der Waals surface area contributed by atoms with Crippen LogP contribution >= 0.6 is 0 Å². The number of Topliss-reactive ketones (excluding diaryl/α,β-unsaturated/α-hetero) is 1. The number of rotatable bonds is 5. The molecule has 1 fully saturated rings. The SMILES string of the molecule is CCC(=O)/C(=C\c1ccc(N2CCN(C)CC2)cc1C)c1cc2nc(C)ccc2o1.